The van der Waals surface area contributed by atoms with Gasteiger partial charge in [0, 0.05) is 10.6 Å². The van der Waals surface area contributed by atoms with Crippen LogP contribution >= 0.6 is 11.6 Å². The highest BCUT2D eigenvalue weighted by Gasteiger charge is 2.22. The highest BCUT2D eigenvalue weighted by molar-refractivity contribution is 6.30. The summed E-state index contributed by atoms with van der Waals surface area (Å²) in [4.78, 5) is 23.3. The summed E-state index contributed by atoms with van der Waals surface area (Å²) in [6.45, 7) is 0.834. The molecule has 3 N–H and O–H groups in total. The van der Waals surface area contributed by atoms with Crippen LogP contribution in [0.3, 0.4) is 0 Å². The Balaban J connectivity index is 1.86. The lowest BCUT2D eigenvalue weighted by Crippen LogP contribution is -2.49. The minimum absolute atomic E-state index is 0.218. The van der Waals surface area contributed by atoms with Gasteiger partial charge >= 0.3 is 0 Å². The van der Waals surface area contributed by atoms with Crippen LogP contribution in [0.2, 0.25) is 5.02 Å². The van der Waals surface area contributed by atoms with Crippen LogP contribution in [-0.2, 0) is 4.79 Å². The molecule has 0 aromatic heterocycles. The van der Waals surface area contributed by atoms with Gasteiger partial charge in [0.05, 0.1) is 6.04 Å². The molecule has 0 spiro atoms. The third-order valence-electron chi connectivity index (χ3n) is 2.76. The van der Waals surface area contributed by atoms with E-state index in [1.165, 1.54) is 6.07 Å². The second-order valence-corrected chi connectivity index (χ2v) is 4.54. The predicted molar refractivity (Wildman–Crippen MR) is 68.1 cm³/mol. The number of nitrogens with one attached hydrogen (secondary N) is 3. The Bertz CT molecular complexity index is 458. The third kappa shape index (κ3) is 3.21. The number of hydrazine groups is 1. The lowest BCUT2D eigenvalue weighted by atomic mass is 10.2. The van der Waals surface area contributed by atoms with Crippen molar-refractivity contribution < 1.29 is 9.59 Å². The topological polar surface area (TPSA) is 70.2 Å². The van der Waals surface area contributed by atoms with Gasteiger partial charge in [-0.25, -0.2) is 0 Å². The van der Waals surface area contributed by atoms with Crippen LogP contribution in [0.4, 0.5) is 0 Å². The summed E-state index contributed by atoms with van der Waals surface area (Å²) >= 11 is 5.78. The van der Waals surface area contributed by atoms with Gasteiger partial charge in [-0.1, -0.05) is 17.7 Å². The van der Waals surface area contributed by atoms with Gasteiger partial charge in [-0.15, -0.1) is 0 Å². The number of halogens is 1. The smallest absolute Gasteiger partial charge is 0.269 e. The zero-order valence-electron chi connectivity index (χ0n) is 9.70. The molecule has 1 aliphatic heterocycles. The number of carbonyl (C=O) groups is 2. The quantitative estimate of drug-likeness (QED) is 0.696. The largest absolute Gasteiger partial charge is 0.306 e. The molecule has 1 fully saturated rings. The molecule has 2 amide bonds. The van der Waals surface area contributed by atoms with Crippen LogP contribution < -0.4 is 16.2 Å². The number of amides is 2. The Hall–Kier alpha value is -1.59. The maximum Gasteiger partial charge on any atom is 0.269 e. The monoisotopic (exact) mass is 267 g/mol. The molecule has 1 atom stereocenters. The average molecular weight is 268 g/mol. The van der Waals surface area contributed by atoms with Crippen molar-refractivity contribution >= 4 is 23.4 Å². The molecular formula is C12H14ClN3O2. The first-order chi connectivity index (χ1) is 8.66. The molecule has 0 aliphatic carbocycles. The van der Waals surface area contributed by atoms with Gasteiger partial charge in [0.15, 0.2) is 0 Å². The zero-order valence-corrected chi connectivity index (χ0v) is 10.5. The van der Waals surface area contributed by atoms with Gasteiger partial charge < -0.3 is 5.32 Å². The van der Waals surface area contributed by atoms with Gasteiger partial charge in [-0.2, -0.15) is 0 Å². The predicted octanol–water partition coefficient (Wildman–Crippen LogP) is 0.853. The summed E-state index contributed by atoms with van der Waals surface area (Å²) in [5.41, 5.74) is 5.17. The van der Waals surface area contributed by atoms with E-state index < -0.39 is 0 Å². The molecule has 2 rings (SSSR count). The van der Waals surface area contributed by atoms with Crippen LogP contribution in [-0.4, -0.2) is 24.4 Å². The van der Waals surface area contributed by atoms with E-state index in [-0.39, 0.29) is 17.9 Å². The lowest BCUT2D eigenvalue weighted by molar-refractivity contribution is -0.123. The maximum atomic E-state index is 11.7. The Labute approximate surface area is 110 Å². The van der Waals surface area contributed by atoms with Crippen molar-refractivity contribution in [2.24, 2.45) is 0 Å². The van der Waals surface area contributed by atoms with Crippen molar-refractivity contribution in [3.63, 3.8) is 0 Å². The van der Waals surface area contributed by atoms with Gasteiger partial charge in [0.25, 0.3) is 11.8 Å². The molecule has 1 aliphatic rings. The molecule has 1 saturated heterocycles. The normalized spacial score (nSPS) is 18.4. The molecule has 1 heterocycles. The molecule has 0 saturated carbocycles. The van der Waals surface area contributed by atoms with E-state index in [4.69, 9.17) is 11.6 Å². The van der Waals surface area contributed by atoms with Crippen molar-refractivity contribution in [2.45, 2.75) is 18.9 Å². The van der Waals surface area contributed by atoms with Crippen LogP contribution in [0.1, 0.15) is 23.2 Å². The van der Waals surface area contributed by atoms with Crippen molar-refractivity contribution in [3.8, 4) is 0 Å². The molecule has 18 heavy (non-hydrogen) atoms. The second kappa shape index (κ2) is 5.84. The Kier molecular flexibility index (Phi) is 4.17. The molecule has 0 radical (unpaired) electrons. The molecule has 0 bridgehead atoms. The number of carbonyl (C=O) groups excluding carboxylic acids is 2. The van der Waals surface area contributed by atoms with Crippen molar-refractivity contribution in [1.82, 2.24) is 16.2 Å². The highest BCUT2D eigenvalue weighted by Crippen LogP contribution is 2.10. The van der Waals surface area contributed by atoms with Gasteiger partial charge in [-0.3, -0.25) is 20.4 Å². The molecule has 1 aromatic rings. The number of rotatable bonds is 2. The maximum absolute atomic E-state index is 11.7. The van der Waals surface area contributed by atoms with Crippen LogP contribution in [0, 0.1) is 0 Å². The first kappa shape index (κ1) is 12.9. The standard InChI is InChI=1S/C12H14ClN3O2/c13-9-4-1-3-8(7-9)11(17)15-16-12(18)10-5-2-6-14-10/h1,3-4,7,10,14H,2,5-6H2,(H,15,17)(H,16,18). The summed E-state index contributed by atoms with van der Waals surface area (Å²) in [7, 11) is 0. The van der Waals surface area contributed by atoms with E-state index in [9.17, 15) is 9.59 Å². The number of hydrogen-bond donors (Lipinski definition) is 3. The van der Waals surface area contributed by atoms with E-state index in [1.54, 1.807) is 18.2 Å². The van der Waals surface area contributed by atoms with Crippen LogP contribution in [0.5, 0.6) is 0 Å². The van der Waals surface area contributed by atoms with Gasteiger partial charge in [-0.05, 0) is 37.6 Å². The second-order valence-electron chi connectivity index (χ2n) is 4.10. The zero-order chi connectivity index (χ0) is 13.0. The van der Waals surface area contributed by atoms with Crippen LogP contribution in [0.25, 0.3) is 0 Å². The van der Waals surface area contributed by atoms with E-state index in [0.29, 0.717) is 10.6 Å². The van der Waals surface area contributed by atoms with E-state index in [1.807, 2.05) is 0 Å². The minimum atomic E-state index is -0.385. The summed E-state index contributed by atoms with van der Waals surface area (Å²) in [6.07, 6.45) is 1.76. The molecule has 1 aromatic carbocycles. The molecule has 1 unspecified atom stereocenters. The fourth-order valence-corrected chi connectivity index (χ4v) is 2.01. The summed E-state index contributed by atoms with van der Waals surface area (Å²) in [5.74, 6) is -0.605. The van der Waals surface area contributed by atoms with Crippen molar-refractivity contribution in [2.75, 3.05) is 6.54 Å². The molecular weight excluding hydrogens is 254 g/mol. The lowest BCUT2D eigenvalue weighted by Gasteiger charge is -2.11. The summed E-state index contributed by atoms with van der Waals surface area (Å²) < 4.78 is 0. The summed E-state index contributed by atoms with van der Waals surface area (Å²) in [5, 5.41) is 3.52. The number of hydrogen-bond acceptors (Lipinski definition) is 3. The number of benzene rings is 1. The van der Waals surface area contributed by atoms with Gasteiger partial charge in [0.2, 0.25) is 0 Å². The first-order valence-electron chi connectivity index (χ1n) is 5.76. The van der Waals surface area contributed by atoms with E-state index in [0.717, 1.165) is 19.4 Å². The molecule has 96 valence electrons. The van der Waals surface area contributed by atoms with Crippen LogP contribution in [0.15, 0.2) is 24.3 Å². The third-order valence-corrected chi connectivity index (χ3v) is 3.00. The average Bonchev–Trinajstić information content (AvgIpc) is 2.89. The summed E-state index contributed by atoms with van der Waals surface area (Å²) in [6, 6.07) is 6.30. The minimum Gasteiger partial charge on any atom is -0.306 e. The molecule has 6 heteroatoms. The Morgan fingerprint density at radius 2 is 2.17 bits per heavy atom. The van der Waals surface area contributed by atoms with E-state index >= 15 is 0 Å². The first-order valence-corrected chi connectivity index (χ1v) is 6.14. The van der Waals surface area contributed by atoms with Crippen molar-refractivity contribution in [1.29, 1.82) is 0 Å². The van der Waals surface area contributed by atoms with E-state index in [2.05, 4.69) is 16.2 Å². The fourth-order valence-electron chi connectivity index (χ4n) is 1.82. The Morgan fingerprint density at radius 3 is 2.83 bits per heavy atom. The SMILES string of the molecule is O=C(NNC(=O)C1CCCN1)c1cccc(Cl)c1. The van der Waals surface area contributed by atoms with Crippen molar-refractivity contribution in [3.05, 3.63) is 34.9 Å². The Morgan fingerprint density at radius 1 is 1.33 bits per heavy atom. The highest BCUT2D eigenvalue weighted by atomic mass is 35.5. The molecule has 5 nitrogen and oxygen atoms in total. The fraction of sp³-hybridized carbons (Fsp3) is 0.333. The van der Waals surface area contributed by atoms with Gasteiger partial charge in [0.1, 0.15) is 0 Å².